The van der Waals surface area contributed by atoms with Gasteiger partial charge in [-0.1, -0.05) is 24.3 Å². The number of likely N-dealkylation sites (N-methyl/N-ethyl adjacent to an activating group) is 1. The fourth-order valence-electron chi connectivity index (χ4n) is 3.65. The first-order chi connectivity index (χ1) is 18.0. The number of rotatable bonds is 9. The third-order valence-corrected chi connectivity index (χ3v) is 5.58. The molecule has 0 saturated carbocycles. The number of amides is 3. The van der Waals surface area contributed by atoms with Gasteiger partial charge in [-0.2, -0.15) is 5.10 Å². The number of nitrogens with one attached hydrogen (secondary N) is 2. The molecule has 0 aliphatic heterocycles. The highest BCUT2D eigenvalue weighted by Crippen LogP contribution is 2.28. The number of carbonyl (C=O) groups is 3. The van der Waals surface area contributed by atoms with Crippen molar-refractivity contribution in [3.8, 4) is 16.9 Å². The number of aromatic nitrogens is 2. The lowest BCUT2D eigenvalue weighted by atomic mass is 10.0. The summed E-state index contributed by atoms with van der Waals surface area (Å²) in [6.07, 6.45) is 1.54. The Balaban J connectivity index is 1.97. The molecule has 3 amide bonds. The Hall–Kier alpha value is -4.54. The molecular weight excluding hydrogens is 490 g/mol. The van der Waals surface area contributed by atoms with Crippen molar-refractivity contribution >= 4 is 23.8 Å². The first-order valence-electron chi connectivity index (χ1n) is 12.0. The number of aromatic amines is 1. The van der Waals surface area contributed by atoms with E-state index in [0.717, 1.165) is 16.0 Å². The Morgan fingerprint density at radius 1 is 1.08 bits per heavy atom. The van der Waals surface area contributed by atoms with Crippen LogP contribution < -0.4 is 10.1 Å². The molecule has 1 atom stereocenters. The topological polar surface area (TPSA) is 137 Å². The molecule has 0 spiro atoms. The Kier molecular flexibility index (Phi) is 8.95. The molecule has 0 fully saturated rings. The van der Waals surface area contributed by atoms with Crippen molar-refractivity contribution in [2.75, 3.05) is 32.6 Å². The van der Waals surface area contributed by atoms with Crippen molar-refractivity contribution in [1.82, 2.24) is 20.0 Å². The molecule has 1 heterocycles. The van der Waals surface area contributed by atoms with E-state index in [0.29, 0.717) is 17.0 Å². The van der Waals surface area contributed by atoms with Gasteiger partial charge in [0, 0.05) is 37.6 Å². The molecule has 2 aromatic carbocycles. The number of carbonyl (C=O) groups excluding carboxylic acids is 2. The Morgan fingerprint density at radius 2 is 1.79 bits per heavy atom. The highest BCUT2D eigenvalue weighted by atomic mass is 16.6. The van der Waals surface area contributed by atoms with E-state index in [1.165, 1.54) is 19.1 Å². The van der Waals surface area contributed by atoms with E-state index in [2.05, 4.69) is 15.5 Å². The van der Waals surface area contributed by atoms with Gasteiger partial charge in [-0.25, -0.2) is 9.59 Å². The van der Waals surface area contributed by atoms with Crippen LogP contribution in [0, 0.1) is 0 Å². The monoisotopic (exact) mass is 523 g/mol. The summed E-state index contributed by atoms with van der Waals surface area (Å²) in [6, 6.07) is 12.8. The maximum absolute atomic E-state index is 13.8. The number of ether oxygens (including phenoxy) is 2. The molecular formula is C27H33N5O6. The molecule has 11 nitrogen and oxygen atoms in total. The van der Waals surface area contributed by atoms with Crippen LogP contribution in [0.25, 0.3) is 11.1 Å². The summed E-state index contributed by atoms with van der Waals surface area (Å²) in [7, 11) is 2.89. The Morgan fingerprint density at radius 3 is 2.37 bits per heavy atom. The van der Waals surface area contributed by atoms with Crippen molar-refractivity contribution in [3.63, 3.8) is 0 Å². The average Bonchev–Trinajstić information content (AvgIpc) is 3.40. The number of hydrogen-bond acceptors (Lipinski definition) is 6. The van der Waals surface area contributed by atoms with Gasteiger partial charge in [-0.3, -0.25) is 14.8 Å². The first-order valence-corrected chi connectivity index (χ1v) is 12.0. The van der Waals surface area contributed by atoms with E-state index in [-0.39, 0.29) is 13.1 Å². The third-order valence-electron chi connectivity index (χ3n) is 5.58. The lowest BCUT2D eigenvalue weighted by Gasteiger charge is -2.34. The first kappa shape index (κ1) is 28.0. The van der Waals surface area contributed by atoms with E-state index in [1.807, 2.05) is 12.1 Å². The van der Waals surface area contributed by atoms with Crippen LogP contribution in [0.4, 0.5) is 15.3 Å². The van der Waals surface area contributed by atoms with Gasteiger partial charge in [-0.15, -0.1) is 0 Å². The second-order valence-corrected chi connectivity index (χ2v) is 9.61. The maximum atomic E-state index is 13.8. The maximum Gasteiger partial charge on any atom is 0.411 e. The van der Waals surface area contributed by atoms with E-state index in [4.69, 9.17) is 9.47 Å². The molecule has 0 radical (unpaired) electrons. The normalized spacial score (nSPS) is 11.8. The summed E-state index contributed by atoms with van der Waals surface area (Å²) in [4.78, 5) is 40.8. The highest BCUT2D eigenvalue weighted by molar-refractivity contribution is 5.97. The number of nitrogens with zero attached hydrogens (tertiary/aromatic N) is 3. The van der Waals surface area contributed by atoms with Crippen LogP contribution in [0.2, 0.25) is 0 Å². The minimum Gasteiger partial charge on any atom is -0.497 e. The lowest BCUT2D eigenvalue weighted by molar-refractivity contribution is -0.121. The Labute approximate surface area is 221 Å². The molecule has 0 unspecified atom stereocenters. The predicted molar refractivity (Wildman–Crippen MR) is 142 cm³/mol. The standard InChI is InChI=1S/C27H33N5O6/c1-27(2,3)38-26(36)32(14-13-31(4)25(34)35)23(19-7-6-8-22(15-19)37-5)24(33)30-21-11-9-18(10-12-21)20-16-28-29-17-20/h6-12,15-17,23H,13-14H2,1-5H3,(H,28,29)(H,30,33)(H,34,35)/t23-/m0/s1. The SMILES string of the molecule is COc1cccc([C@@H](C(=O)Nc2ccc(-c3cn[nH]c3)cc2)N(CCN(C)C(=O)O)C(=O)OC(C)(C)C)c1. The molecule has 38 heavy (non-hydrogen) atoms. The molecule has 0 aliphatic carbocycles. The summed E-state index contributed by atoms with van der Waals surface area (Å²) in [5, 5.41) is 18.9. The minimum atomic E-state index is -1.16. The number of H-pyrrole nitrogens is 1. The lowest BCUT2D eigenvalue weighted by Crippen LogP contribution is -2.47. The summed E-state index contributed by atoms with van der Waals surface area (Å²) >= 11 is 0. The molecule has 0 bridgehead atoms. The summed E-state index contributed by atoms with van der Waals surface area (Å²) in [5.74, 6) is -0.00490. The van der Waals surface area contributed by atoms with Crippen molar-refractivity contribution in [2.24, 2.45) is 0 Å². The van der Waals surface area contributed by atoms with E-state index in [9.17, 15) is 19.5 Å². The number of carboxylic acid groups (broad SMARTS) is 1. The van der Waals surface area contributed by atoms with Gasteiger partial charge >= 0.3 is 12.2 Å². The van der Waals surface area contributed by atoms with Gasteiger partial charge in [0.2, 0.25) is 0 Å². The number of benzene rings is 2. The fourth-order valence-corrected chi connectivity index (χ4v) is 3.65. The van der Waals surface area contributed by atoms with Crippen molar-refractivity contribution in [2.45, 2.75) is 32.4 Å². The van der Waals surface area contributed by atoms with Crippen LogP contribution in [-0.2, 0) is 9.53 Å². The van der Waals surface area contributed by atoms with Gasteiger partial charge in [0.15, 0.2) is 0 Å². The summed E-state index contributed by atoms with van der Waals surface area (Å²) < 4.78 is 11.0. The Bertz CT molecular complexity index is 1240. The number of methoxy groups -OCH3 is 1. The van der Waals surface area contributed by atoms with Crippen LogP contribution in [0.1, 0.15) is 32.4 Å². The molecule has 0 aliphatic rings. The zero-order valence-corrected chi connectivity index (χ0v) is 22.1. The summed E-state index contributed by atoms with van der Waals surface area (Å²) in [5.41, 5.74) is 1.96. The average molecular weight is 524 g/mol. The molecule has 1 aromatic heterocycles. The van der Waals surface area contributed by atoms with Gasteiger partial charge in [0.25, 0.3) is 5.91 Å². The van der Waals surface area contributed by atoms with Crippen molar-refractivity contribution in [3.05, 3.63) is 66.5 Å². The predicted octanol–water partition coefficient (Wildman–Crippen LogP) is 4.61. The molecule has 0 saturated heterocycles. The fraction of sp³-hybridized carbons (Fsp3) is 0.333. The van der Waals surface area contributed by atoms with E-state index >= 15 is 0 Å². The van der Waals surface area contributed by atoms with E-state index < -0.39 is 29.7 Å². The molecule has 3 aromatic rings. The zero-order valence-electron chi connectivity index (χ0n) is 22.1. The van der Waals surface area contributed by atoms with Gasteiger partial charge in [0.1, 0.15) is 17.4 Å². The van der Waals surface area contributed by atoms with E-state index in [1.54, 1.807) is 69.6 Å². The van der Waals surface area contributed by atoms with Crippen LogP contribution in [0.3, 0.4) is 0 Å². The largest absolute Gasteiger partial charge is 0.497 e. The number of hydrogen-bond donors (Lipinski definition) is 3. The second kappa shape index (κ2) is 12.1. The highest BCUT2D eigenvalue weighted by Gasteiger charge is 2.35. The van der Waals surface area contributed by atoms with Gasteiger partial charge in [0.05, 0.1) is 13.3 Å². The van der Waals surface area contributed by atoms with Crippen LogP contribution in [-0.4, -0.2) is 76.0 Å². The zero-order chi connectivity index (χ0) is 27.9. The van der Waals surface area contributed by atoms with Gasteiger partial charge < -0.3 is 24.8 Å². The van der Waals surface area contributed by atoms with Crippen molar-refractivity contribution < 1.29 is 29.0 Å². The molecule has 3 rings (SSSR count). The third kappa shape index (κ3) is 7.48. The second-order valence-electron chi connectivity index (χ2n) is 9.61. The van der Waals surface area contributed by atoms with Crippen molar-refractivity contribution in [1.29, 1.82) is 0 Å². The van der Waals surface area contributed by atoms with Crippen LogP contribution in [0.5, 0.6) is 5.75 Å². The minimum absolute atomic E-state index is 0.0400. The van der Waals surface area contributed by atoms with Crippen LogP contribution in [0.15, 0.2) is 60.9 Å². The summed E-state index contributed by atoms with van der Waals surface area (Å²) in [6.45, 7) is 5.02. The van der Waals surface area contributed by atoms with Gasteiger partial charge in [-0.05, 0) is 56.2 Å². The quantitative estimate of drug-likeness (QED) is 0.372. The smallest absolute Gasteiger partial charge is 0.411 e. The number of anilines is 1. The van der Waals surface area contributed by atoms with Crippen LogP contribution >= 0.6 is 0 Å². The molecule has 3 N–H and O–H groups in total. The molecule has 11 heteroatoms. The molecule has 202 valence electrons.